The van der Waals surface area contributed by atoms with E-state index >= 15 is 0 Å². The Balaban J connectivity index is 2.66. The lowest BCUT2D eigenvalue weighted by Crippen LogP contribution is -2.16. The van der Waals surface area contributed by atoms with Gasteiger partial charge in [0.05, 0.1) is 19.9 Å². The minimum atomic E-state index is -0.139. The Morgan fingerprint density at radius 1 is 1.53 bits per heavy atom. The van der Waals surface area contributed by atoms with Crippen LogP contribution in [0.3, 0.4) is 0 Å². The fourth-order valence-corrected chi connectivity index (χ4v) is 1.10. The summed E-state index contributed by atoms with van der Waals surface area (Å²) in [5.41, 5.74) is 0.512. The van der Waals surface area contributed by atoms with Crippen LogP contribution in [0.1, 0.15) is 5.69 Å². The topological polar surface area (TPSA) is 63.6 Å². The maximum atomic E-state index is 8.96. The van der Waals surface area contributed by atoms with Gasteiger partial charge in [0.1, 0.15) is 23.8 Å². The zero-order valence-electron chi connectivity index (χ0n) is 8.99. The number of likely N-dealkylation sites (N-methyl/N-ethyl adjacent to an activating group) is 1. The maximum Gasteiger partial charge on any atom is 0.146 e. The minimum absolute atomic E-state index is 0.139. The molecule has 0 aromatic carbocycles. The van der Waals surface area contributed by atoms with Gasteiger partial charge in [-0.2, -0.15) is 0 Å². The van der Waals surface area contributed by atoms with Crippen LogP contribution in [-0.4, -0.2) is 37.4 Å². The molecule has 0 aliphatic heterocycles. The molecule has 1 aromatic rings. The second kappa shape index (κ2) is 6.21. The van der Waals surface area contributed by atoms with Crippen molar-refractivity contribution in [3.05, 3.63) is 18.0 Å². The Bertz CT molecular complexity index is 305. The van der Waals surface area contributed by atoms with E-state index in [2.05, 4.69) is 10.3 Å². The summed E-state index contributed by atoms with van der Waals surface area (Å²) in [5, 5.41) is 11.9. The molecule has 0 aliphatic rings. The molecule has 15 heavy (non-hydrogen) atoms. The van der Waals surface area contributed by atoms with Crippen LogP contribution < -0.4 is 14.8 Å². The highest BCUT2D eigenvalue weighted by Crippen LogP contribution is 2.21. The van der Waals surface area contributed by atoms with Gasteiger partial charge in [0, 0.05) is 12.6 Å². The molecule has 1 rings (SSSR count). The Morgan fingerprint density at radius 3 is 2.93 bits per heavy atom. The van der Waals surface area contributed by atoms with Crippen molar-refractivity contribution >= 4 is 0 Å². The summed E-state index contributed by atoms with van der Waals surface area (Å²) in [5.74, 6) is 1.18. The molecule has 0 amide bonds. The van der Waals surface area contributed by atoms with E-state index in [1.807, 2.05) is 7.05 Å². The van der Waals surface area contributed by atoms with Crippen molar-refractivity contribution in [2.75, 3.05) is 27.3 Å². The van der Waals surface area contributed by atoms with E-state index in [0.29, 0.717) is 23.8 Å². The normalized spacial score (nSPS) is 10.1. The second-order valence-corrected chi connectivity index (χ2v) is 2.93. The van der Waals surface area contributed by atoms with Gasteiger partial charge in [-0.1, -0.05) is 0 Å². The summed E-state index contributed by atoms with van der Waals surface area (Å²) in [6.45, 7) is 1.20. The third kappa shape index (κ3) is 3.38. The van der Waals surface area contributed by atoms with Crippen LogP contribution in [0, 0.1) is 0 Å². The molecular formula is C10H16N2O3. The first-order chi connectivity index (χ1) is 7.31. The Morgan fingerprint density at radius 2 is 2.33 bits per heavy atom. The van der Waals surface area contributed by atoms with E-state index in [1.54, 1.807) is 12.3 Å². The molecule has 84 valence electrons. The summed E-state index contributed by atoms with van der Waals surface area (Å²) in [4.78, 5) is 4.03. The predicted molar refractivity (Wildman–Crippen MR) is 56.1 cm³/mol. The fraction of sp³-hybridized carbons (Fsp3) is 0.500. The first-order valence-corrected chi connectivity index (χ1v) is 4.73. The van der Waals surface area contributed by atoms with Gasteiger partial charge >= 0.3 is 0 Å². The summed E-state index contributed by atoms with van der Waals surface area (Å²) in [7, 11) is 3.39. The number of methoxy groups -OCH3 is 1. The van der Waals surface area contributed by atoms with Crippen LogP contribution in [0.4, 0.5) is 0 Å². The first kappa shape index (κ1) is 11.7. The third-order valence-corrected chi connectivity index (χ3v) is 1.90. The summed E-state index contributed by atoms with van der Waals surface area (Å²) < 4.78 is 10.5. The molecule has 0 saturated heterocycles. The summed E-state index contributed by atoms with van der Waals surface area (Å²) in [6, 6.07) is 1.72. The lowest BCUT2D eigenvalue weighted by molar-refractivity contribution is 0.265. The van der Waals surface area contributed by atoms with Gasteiger partial charge in [-0.25, -0.2) is 0 Å². The molecule has 0 aliphatic carbocycles. The second-order valence-electron chi connectivity index (χ2n) is 2.93. The maximum absolute atomic E-state index is 8.96. The number of nitrogens with zero attached hydrogens (tertiary/aromatic N) is 1. The van der Waals surface area contributed by atoms with Crippen LogP contribution in [0.5, 0.6) is 11.5 Å². The van der Waals surface area contributed by atoms with Crippen molar-refractivity contribution in [2.45, 2.75) is 6.61 Å². The Labute approximate surface area is 89.0 Å². The van der Waals surface area contributed by atoms with Crippen LogP contribution in [0.25, 0.3) is 0 Å². The number of aliphatic hydroxyl groups excluding tert-OH is 1. The van der Waals surface area contributed by atoms with E-state index in [9.17, 15) is 0 Å². The zero-order chi connectivity index (χ0) is 11.1. The molecule has 0 atom stereocenters. The number of hydrogen-bond acceptors (Lipinski definition) is 5. The van der Waals surface area contributed by atoms with Gasteiger partial charge in [0.25, 0.3) is 0 Å². The molecule has 1 heterocycles. The van der Waals surface area contributed by atoms with Gasteiger partial charge < -0.3 is 19.9 Å². The molecule has 0 unspecified atom stereocenters. The fourth-order valence-electron chi connectivity index (χ4n) is 1.10. The molecule has 0 fully saturated rings. The smallest absolute Gasteiger partial charge is 0.146 e. The van der Waals surface area contributed by atoms with Crippen molar-refractivity contribution < 1.29 is 14.6 Å². The van der Waals surface area contributed by atoms with E-state index in [-0.39, 0.29) is 6.61 Å². The molecule has 5 heteroatoms. The van der Waals surface area contributed by atoms with E-state index in [1.165, 1.54) is 7.11 Å². The van der Waals surface area contributed by atoms with Gasteiger partial charge in [-0.05, 0) is 7.05 Å². The highest BCUT2D eigenvalue weighted by atomic mass is 16.5. The largest absolute Gasteiger partial charge is 0.495 e. The monoisotopic (exact) mass is 212 g/mol. The average molecular weight is 212 g/mol. The number of rotatable bonds is 6. The Kier molecular flexibility index (Phi) is 4.86. The van der Waals surface area contributed by atoms with Gasteiger partial charge in [0.15, 0.2) is 0 Å². The van der Waals surface area contributed by atoms with Crippen LogP contribution in [-0.2, 0) is 6.61 Å². The van der Waals surface area contributed by atoms with Crippen molar-refractivity contribution in [2.24, 2.45) is 0 Å². The average Bonchev–Trinajstić information content (AvgIpc) is 2.29. The highest BCUT2D eigenvalue weighted by molar-refractivity contribution is 5.34. The number of nitrogens with one attached hydrogen (secondary N) is 1. The number of ether oxygens (including phenoxy) is 2. The molecule has 0 spiro atoms. The molecule has 5 nitrogen and oxygen atoms in total. The molecule has 2 N–H and O–H groups in total. The first-order valence-electron chi connectivity index (χ1n) is 4.73. The van der Waals surface area contributed by atoms with Crippen molar-refractivity contribution in [3.8, 4) is 11.5 Å². The molecular weight excluding hydrogens is 196 g/mol. The molecule has 1 aromatic heterocycles. The zero-order valence-corrected chi connectivity index (χ0v) is 8.99. The van der Waals surface area contributed by atoms with E-state index in [4.69, 9.17) is 14.6 Å². The SMILES string of the molecule is CNCCOc1cnc(CO)c(OC)c1. The molecule has 0 saturated carbocycles. The number of hydrogen-bond donors (Lipinski definition) is 2. The van der Waals surface area contributed by atoms with Crippen LogP contribution >= 0.6 is 0 Å². The predicted octanol–water partition coefficient (Wildman–Crippen LogP) is 0.181. The number of aromatic nitrogens is 1. The van der Waals surface area contributed by atoms with Crippen LogP contribution in [0.2, 0.25) is 0 Å². The van der Waals surface area contributed by atoms with Gasteiger partial charge in [-0.15, -0.1) is 0 Å². The van der Waals surface area contributed by atoms with Gasteiger partial charge in [0.2, 0.25) is 0 Å². The third-order valence-electron chi connectivity index (χ3n) is 1.90. The van der Waals surface area contributed by atoms with Crippen molar-refractivity contribution in [3.63, 3.8) is 0 Å². The lowest BCUT2D eigenvalue weighted by Gasteiger charge is -2.09. The van der Waals surface area contributed by atoms with E-state index < -0.39 is 0 Å². The number of aliphatic hydroxyl groups is 1. The van der Waals surface area contributed by atoms with Crippen molar-refractivity contribution in [1.29, 1.82) is 0 Å². The summed E-state index contributed by atoms with van der Waals surface area (Å²) in [6.07, 6.45) is 1.57. The van der Waals surface area contributed by atoms with Crippen LogP contribution in [0.15, 0.2) is 12.3 Å². The quantitative estimate of drug-likeness (QED) is 0.659. The minimum Gasteiger partial charge on any atom is -0.495 e. The standard InChI is InChI=1S/C10H16N2O3/c1-11-3-4-15-8-5-10(14-2)9(7-13)12-6-8/h5-6,11,13H,3-4,7H2,1-2H3. The highest BCUT2D eigenvalue weighted by Gasteiger charge is 2.05. The molecule has 0 bridgehead atoms. The van der Waals surface area contributed by atoms with E-state index in [0.717, 1.165) is 6.54 Å². The Hall–Kier alpha value is -1.33. The lowest BCUT2D eigenvalue weighted by atomic mass is 10.3. The summed E-state index contributed by atoms with van der Waals surface area (Å²) >= 11 is 0. The number of pyridine rings is 1. The van der Waals surface area contributed by atoms with Gasteiger partial charge in [-0.3, -0.25) is 4.98 Å². The molecule has 0 radical (unpaired) electrons. The van der Waals surface area contributed by atoms with Crippen molar-refractivity contribution in [1.82, 2.24) is 10.3 Å².